The van der Waals surface area contributed by atoms with Crippen LogP contribution in [-0.2, 0) is 6.42 Å². The number of Topliss-reactive ketones (excluding diaryl/α,β-unsaturated/α-hetero) is 1. The van der Waals surface area contributed by atoms with Crippen LogP contribution in [0.1, 0.15) is 44.3 Å². The minimum Gasteiger partial charge on any atom is -0.486 e. The Morgan fingerprint density at radius 3 is 2.52 bits per heavy atom. The summed E-state index contributed by atoms with van der Waals surface area (Å²) in [6.45, 7) is 0.906. The van der Waals surface area contributed by atoms with E-state index < -0.39 is 11.5 Å². The molecule has 2 heterocycles. The fraction of sp³-hybridized carbons (Fsp3) is 0.208. The number of ether oxygens (including phenoxy) is 2. The number of carbonyl (C=O) groups is 2. The topological polar surface area (TPSA) is 97.5 Å². The highest BCUT2D eigenvalue weighted by Crippen LogP contribution is 2.33. The lowest BCUT2D eigenvalue weighted by molar-refractivity contribution is 0.0963. The van der Waals surface area contributed by atoms with Crippen molar-refractivity contribution in [2.75, 3.05) is 18.5 Å². The van der Waals surface area contributed by atoms with Crippen LogP contribution in [0, 0.1) is 0 Å². The molecule has 1 unspecified atom stereocenters. The number of benzene rings is 2. The lowest BCUT2D eigenvalue weighted by Gasteiger charge is -2.24. The zero-order valence-corrected chi connectivity index (χ0v) is 16.6. The van der Waals surface area contributed by atoms with E-state index in [0.29, 0.717) is 54.5 Å². The van der Waals surface area contributed by atoms with Gasteiger partial charge < -0.3 is 19.8 Å². The van der Waals surface area contributed by atoms with E-state index in [2.05, 4.69) is 10.3 Å². The second-order valence-corrected chi connectivity index (χ2v) is 7.66. The van der Waals surface area contributed by atoms with E-state index in [1.807, 2.05) is 30.3 Å². The number of aromatic amines is 1. The van der Waals surface area contributed by atoms with Gasteiger partial charge in [-0.15, -0.1) is 0 Å². The third-order valence-corrected chi connectivity index (χ3v) is 5.62. The molecule has 0 spiro atoms. The molecular formula is C24H20N2O5. The summed E-state index contributed by atoms with van der Waals surface area (Å²) < 4.78 is 11.0. The molecule has 1 aromatic heterocycles. The minimum absolute atomic E-state index is 0.00856. The quantitative estimate of drug-likeness (QED) is 0.683. The van der Waals surface area contributed by atoms with Crippen molar-refractivity contribution in [1.29, 1.82) is 0 Å². The van der Waals surface area contributed by atoms with Gasteiger partial charge in [-0.3, -0.25) is 14.4 Å². The van der Waals surface area contributed by atoms with E-state index in [4.69, 9.17) is 9.47 Å². The van der Waals surface area contributed by atoms with Gasteiger partial charge in [0, 0.05) is 29.4 Å². The smallest absolute Gasteiger partial charge is 0.261 e. The highest BCUT2D eigenvalue weighted by atomic mass is 16.6. The van der Waals surface area contributed by atoms with Crippen molar-refractivity contribution < 1.29 is 19.1 Å². The summed E-state index contributed by atoms with van der Waals surface area (Å²) in [5.41, 5.74) is 1.89. The van der Waals surface area contributed by atoms with Crippen LogP contribution in [0.3, 0.4) is 0 Å². The third-order valence-electron chi connectivity index (χ3n) is 5.62. The number of hydrogen-bond donors (Lipinski definition) is 2. The van der Waals surface area contributed by atoms with Gasteiger partial charge in [0.15, 0.2) is 17.3 Å². The summed E-state index contributed by atoms with van der Waals surface area (Å²) in [5, 5.41) is 2.70. The van der Waals surface area contributed by atoms with Gasteiger partial charge in [0.2, 0.25) is 0 Å². The maximum Gasteiger partial charge on any atom is 0.261 e. The molecule has 2 N–H and O–H groups in total. The predicted octanol–water partition coefficient (Wildman–Crippen LogP) is 3.31. The molecule has 1 aliphatic heterocycles. The van der Waals surface area contributed by atoms with Crippen LogP contribution in [-0.4, -0.2) is 29.9 Å². The SMILES string of the molecule is O=C1CC(c2ccccc2)Cc2[nH]c(=O)c(C(=O)Nc3ccc4c(c3)OCCO4)cc21. The molecule has 156 valence electrons. The highest BCUT2D eigenvalue weighted by molar-refractivity contribution is 6.07. The molecule has 2 aromatic carbocycles. The molecule has 0 bridgehead atoms. The largest absolute Gasteiger partial charge is 0.486 e. The number of anilines is 1. The third kappa shape index (κ3) is 3.70. The van der Waals surface area contributed by atoms with E-state index in [1.54, 1.807) is 18.2 Å². The number of H-pyrrole nitrogens is 1. The molecule has 2 aliphatic rings. The average molecular weight is 416 g/mol. The maximum absolute atomic E-state index is 12.8. The summed E-state index contributed by atoms with van der Waals surface area (Å²) >= 11 is 0. The second kappa shape index (κ2) is 7.75. The number of aromatic nitrogens is 1. The summed E-state index contributed by atoms with van der Waals surface area (Å²) in [6.07, 6.45) is 0.886. The summed E-state index contributed by atoms with van der Waals surface area (Å²) in [4.78, 5) is 41.0. The monoisotopic (exact) mass is 416 g/mol. The van der Waals surface area contributed by atoms with Crippen molar-refractivity contribution in [1.82, 2.24) is 4.98 Å². The van der Waals surface area contributed by atoms with Gasteiger partial charge in [-0.05, 0) is 36.1 Å². The Balaban J connectivity index is 1.40. The van der Waals surface area contributed by atoms with Crippen LogP contribution in [0.4, 0.5) is 5.69 Å². The fourth-order valence-corrected chi connectivity index (χ4v) is 4.08. The van der Waals surface area contributed by atoms with Crippen LogP contribution in [0.25, 0.3) is 0 Å². The van der Waals surface area contributed by atoms with Crippen LogP contribution in [0.15, 0.2) is 59.4 Å². The van der Waals surface area contributed by atoms with Crippen LogP contribution >= 0.6 is 0 Å². The first kappa shape index (κ1) is 19.1. The number of hydrogen-bond acceptors (Lipinski definition) is 5. The Kier molecular flexibility index (Phi) is 4.78. The molecular weight excluding hydrogens is 396 g/mol. The first-order chi connectivity index (χ1) is 15.1. The lowest BCUT2D eigenvalue weighted by atomic mass is 9.81. The zero-order valence-electron chi connectivity index (χ0n) is 16.6. The van der Waals surface area contributed by atoms with Gasteiger partial charge in [0.1, 0.15) is 18.8 Å². The van der Waals surface area contributed by atoms with Gasteiger partial charge in [-0.2, -0.15) is 0 Å². The second-order valence-electron chi connectivity index (χ2n) is 7.66. The van der Waals surface area contributed by atoms with Gasteiger partial charge in [0.05, 0.1) is 0 Å². The van der Waals surface area contributed by atoms with E-state index in [-0.39, 0.29) is 17.3 Å². The molecule has 31 heavy (non-hydrogen) atoms. The molecule has 0 fully saturated rings. The van der Waals surface area contributed by atoms with Crippen molar-refractivity contribution in [2.24, 2.45) is 0 Å². The molecule has 0 saturated heterocycles. The Morgan fingerprint density at radius 2 is 1.71 bits per heavy atom. The normalized spacial score (nSPS) is 17.0. The number of carbonyl (C=O) groups excluding carboxylic acids is 2. The Hall–Kier alpha value is -3.87. The number of nitrogens with one attached hydrogen (secondary N) is 2. The maximum atomic E-state index is 12.8. The first-order valence-electron chi connectivity index (χ1n) is 10.1. The number of pyridine rings is 1. The number of ketones is 1. The zero-order chi connectivity index (χ0) is 21.4. The molecule has 1 amide bonds. The summed E-state index contributed by atoms with van der Waals surface area (Å²) in [5.74, 6) is 0.479. The Labute approximate surface area is 178 Å². The lowest BCUT2D eigenvalue weighted by Crippen LogP contribution is -2.29. The predicted molar refractivity (Wildman–Crippen MR) is 114 cm³/mol. The van der Waals surface area contributed by atoms with Crippen molar-refractivity contribution >= 4 is 17.4 Å². The molecule has 0 radical (unpaired) electrons. The number of amides is 1. The molecule has 7 heteroatoms. The van der Waals surface area contributed by atoms with E-state index >= 15 is 0 Å². The van der Waals surface area contributed by atoms with E-state index in [0.717, 1.165) is 5.56 Å². The van der Waals surface area contributed by atoms with Crippen molar-refractivity contribution in [3.63, 3.8) is 0 Å². The molecule has 0 saturated carbocycles. The summed E-state index contributed by atoms with van der Waals surface area (Å²) in [7, 11) is 0. The van der Waals surface area contributed by atoms with Crippen LogP contribution in [0.2, 0.25) is 0 Å². The van der Waals surface area contributed by atoms with E-state index in [9.17, 15) is 14.4 Å². The van der Waals surface area contributed by atoms with Crippen molar-refractivity contribution in [2.45, 2.75) is 18.8 Å². The van der Waals surface area contributed by atoms with Gasteiger partial charge >= 0.3 is 0 Å². The molecule has 3 aromatic rings. The average Bonchev–Trinajstić information content (AvgIpc) is 2.79. The molecule has 7 nitrogen and oxygen atoms in total. The minimum atomic E-state index is -0.585. The van der Waals surface area contributed by atoms with Gasteiger partial charge in [0.25, 0.3) is 11.5 Å². The van der Waals surface area contributed by atoms with Crippen LogP contribution in [0.5, 0.6) is 11.5 Å². The number of fused-ring (bicyclic) bond motifs is 2. The van der Waals surface area contributed by atoms with E-state index in [1.165, 1.54) is 6.07 Å². The molecule has 5 rings (SSSR count). The number of rotatable bonds is 3. The van der Waals surface area contributed by atoms with Crippen molar-refractivity contribution in [3.05, 3.63) is 87.3 Å². The Bertz CT molecular complexity index is 1230. The Morgan fingerprint density at radius 1 is 0.935 bits per heavy atom. The summed E-state index contributed by atoms with van der Waals surface area (Å²) in [6, 6.07) is 16.2. The van der Waals surface area contributed by atoms with Crippen molar-refractivity contribution in [3.8, 4) is 11.5 Å². The highest BCUT2D eigenvalue weighted by Gasteiger charge is 2.29. The fourth-order valence-electron chi connectivity index (χ4n) is 4.08. The van der Waals surface area contributed by atoms with Gasteiger partial charge in [-0.1, -0.05) is 30.3 Å². The molecule has 1 aliphatic carbocycles. The standard InChI is InChI=1S/C24H20N2O5/c27-20-11-15(14-4-2-1-3-5-14)10-19-17(20)13-18(24(29)26-19)23(28)25-16-6-7-21-22(12-16)31-9-8-30-21/h1-7,12-13,15H,8-11H2,(H,25,28)(H,26,29). The van der Waals surface area contributed by atoms with Crippen LogP contribution < -0.4 is 20.3 Å². The first-order valence-corrected chi connectivity index (χ1v) is 10.1. The molecule has 1 atom stereocenters. The van der Waals surface area contributed by atoms with Gasteiger partial charge in [-0.25, -0.2) is 0 Å².